The zero-order chi connectivity index (χ0) is 14.7. The smallest absolute Gasteiger partial charge is 0.0723 e. The van der Waals surface area contributed by atoms with Crippen LogP contribution in [0.2, 0.25) is 5.02 Å². The van der Waals surface area contributed by atoms with Crippen molar-refractivity contribution in [1.82, 2.24) is 9.88 Å². The second-order valence-corrected chi connectivity index (χ2v) is 6.11. The predicted molar refractivity (Wildman–Crippen MR) is 90.3 cm³/mol. The quantitative estimate of drug-likeness (QED) is 0.859. The first kappa shape index (κ1) is 14.6. The average Bonchev–Trinajstić information content (AvgIpc) is 2.73. The van der Waals surface area contributed by atoms with E-state index in [0.29, 0.717) is 0 Å². The summed E-state index contributed by atoms with van der Waals surface area (Å²) in [7, 11) is 0. The number of aromatic nitrogens is 1. The molecule has 1 aliphatic heterocycles. The molecule has 2 heterocycles. The van der Waals surface area contributed by atoms with Gasteiger partial charge in [0.2, 0.25) is 0 Å². The van der Waals surface area contributed by atoms with Crippen molar-refractivity contribution in [3.63, 3.8) is 0 Å². The van der Waals surface area contributed by atoms with Crippen LogP contribution in [0.5, 0.6) is 0 Å². The first-order valence-electron chi connectivity index (χ1n) is 7.79. The van der Waals surface area contributed by atoms with Gasteiger partial charge in [-0.3, -0.25) is 4.98 Å². The maximum absolute atomic E-state index is 6.17. The van der Waals surface area contributed by atoms with Crippen molar-refractivity contribution in [1.29, 1.82) is 0 Å². The van der Waals surface area contributed by atoms with E-state index in [9.17, 15) is 0 Å². The molecule has 0 amide bonds. The Morgan fingerprint density at radius 3 is 2.90 bits per heavy atom. The minimum atomic E-state index is 0.777. The Kier molecular flexibility index (Phi) is 4.61. The second kappa shape index (κ2) is 6.63. The fraction of sp³-hybridized carbons (Fsp3) is 0.471. The topological polar surface area (TPSA) is 19.4 Å². The van der Waals surface area contributed by atoms with E-state index >= 15 is 0 Å². The SMILES string of the molecule is CCCN1CCCN(c2ccnc3ccc(Cl)cc23)CC1. The number of pyridine rings is 1. The molecule has 4 heteroatoms. The molecule has 0 atom stereocenters. The van der Waals surface area contributed by atoms with Crippen molar-refractivity contribution in [2.75, 3.05) is 37.6 Å². The molecule has 0 bridgehead atoms. The lowest BCUT2D eigenvalue weighted by Crippen LogP contribution is -2.31. The summed E-state index contributed by atoms with van der Waals surface area (Å²) in [5.41, 5.74) is 2.28. The monoisotopic (exact) mass is 303 g/mol. The summed E-state index contributed by atoms with van der Waals surface area (Å²) in [5.74, 6) is 0. The second-order valence-electron chi connectivity index (χ2n) is 5.67. The fourth-order valence-corrected chi connectivity index (χ4v) is 3.30. The molecule has 0 N–H and O–H groups in total. The molecule has 1 aliphatic rings. The third kappa shape index (κ3) is 3.30. The van der Waals surface area contributed by atoms with Crippen LogP contribution in [0.15, 0.2) is 30.5 Å². The first-order chi connectivity index (χ1) is 10.3. The Morgan fingerprint density at radius 2 is 2.05 bits per heavy atom. The lowest BCUT2D eigenvalue weighted by atomic mass is 10.1. The summed E-state index contributed by atoms with van der Waals surface area (Å²) in [6, 6.07) is 8.07. The van der Waals surface area contributed by atoms with Gasteiger partial charge < -0.3 is 9.80 Å². The molecule has 0 aliphatic carbocycles. The van der Waals surface area contributed by atoms with Gasteiger partial charge in [0.1, 0.15) is 0 Å². The molecular weight excluding hydrogens is 282 g/mol. The van der Waals surface area contributed by atoms with Crippen LogP contribution in [0.3, 0.4) is 0 Å². The molecule has 0 radical (unpaired) electrons. The summed E-state index contributed by atoms with van der Waals surface area (Å²) in [6.07, 6.45) is 4.35. The third-order valence-electron chi connectivity index (χ3n) is 4.15. The van der Waals surface area contributed by atoms with E-state index in [1.807, 2.05) is 24.4 Å². The van der Waals surface area contributed by atoms with Crippen LogP contribution in [0.25, 0.3) is 10.9 Å². The zero-order valence-corrected chi connectivity index (χ0v) is 13.3. The van der Waals surface area contributed by atoms with Gasteiger partial charge in [-0.25, -0.2) is 0 Å². The minimum absolute atomic E-state index is 0.777. The van der Waals surface area contributed by atoms with Gasteiger partial charge in [0, 0.05) is 41.9 Å². The van der Waals surface area contributed by atoms with Crippen LogP contribution < -0.4 is 4.90 Å². The predicted octanol–water partition coefficient (Wildman–Crippen LogP) is 3.81. The molecule has 1 aromatic heterocycles. The average molecular weight is 304 g/mol. The van der Waals surface area contributed by atoms with E-state index in [1.54, 1.807) is 0 Å². The van der Waals surface area contributed by atoms with Gasteiger partial charge in [-0.15, -0.1) is 0 Å². The van der Waals surface area contributed by atoms with E-state index in [0.717, 1.165) is 35.6 Å². The van der Waals surface area contributed by atoms with Crippen LogP contribution in [0.4, 0.5) is 5.69 Å². The summed E-state index contributed by atoms with van der Waals surface area (Å²) in [6.45, 7) is 7.97. The largest absolute Gasteiger partial charge is 0.370 e. The molecule has 1 saturated heterocycles. The Bertz CT molecular complexity index is 614. The highest BCUT2D eigenvalue weighted by molar-refractivity contribution is 6.31. The molecule has 0 saturated carbocycles. The molecule has 1 fully saturated rings. The Labute approximate surface area is 131 Å². The number of rotatable bonds is 3. The molecule has 3 rings (SSSR count). The standard InChI is InChI=1S/C17H22ClN3/c1-2-8-20-9-3-10-21(12-11-20)17-6-7-19-16-5-4-14(18)13-15(16)17/h4-7,13H,2-3,8-12H2,1H3. The zero-order valence-electron chi connectivity index (χ0n) is 12.6. The van der Waals surface area contributed by atoms with Gasteiger partial charge in [0.15, 0.2) is 0 Å². The van der Waals surface area contributed by atoms with E-state index in [2.05, 4.69) is 27.8 Å². The number of fused-ring (bicyclic) bond motifs is 1. The molecule has 0 spiro atoms. The Morgan fingerprint density at radius 1 is 1.14 bits per heavy atom. The van der Waals surface area contributed by atoms with E-state index in [-0.39, 0.29) is 0 Å². The van der Waals surface area contributed by atoms with Crippen molar-refractivity contribution in [3.05, 3.63) is 35.5 Å². The van der Waals surface area contributed by atoms with Crippen LogP contribution in [0.1, 0.15) is 19.8 Å². The van der Waals surface area contributed by atoms with E-state index in [1.165, 1.54) is 31.6 Å². The molecule has 3 nitrogen and oxygen atoms in total. The number of hydrogen-bond donors (Lipinski definition) is 0. The minimum Gasteiger partial charge on any atom is -0.370 e. The van der Waals surface area contributed by atoms with Crippen LogP contribution >= 0.6 is 11.6 Å². The first-order valence-corrected chi connectivity index (χ1v) is 8.17. The molecule has 112 valence electrons. The van der Waals surface area contributed by atoms with Gasteiger partial charge in [-0.1, -0.05) is 18.5 Å². The maximum Gasteiger partial charge on any atom is 0.0723 e. The Hall–Kier alpha value is -1.32. The van der Waals surface area contributed by atoms with Crippen LogP contribution in [-0.2, 0) is 0 Å². The summed E-state index contributed by atoms with van der Waals surface area (Å²) in [4.78, 5) is 9.50. The fourth-order valence-electron chi connectivity index (χ4n) is 3.13. The number of anilines is 1. The highest BCUT2D eigenvalue weighted by Crippen LogP contribution is 2.28. The lowest BCUT2D eigenvalue weighted by molar-refractivity contribution is 0.294. The van der Waals surface area contributed by atoms with Gasteiger partial charge in [-0.2, -0.15) is 0 Å². The van der Waals surface area contributed by atoms with Crippen molar-refractivity contribution in [2.45, 2.75) is 19.8 Å². The van der Waals surface area contributed by atoms with Gasteiger partial charge in [0.05, 0.1) is 5.52 Å². The number of hydrogen-bond acceptors (Lipinski definition) is 3. The lowest BCUT2D eigenvalue weighted by Gasteiger charge is -2.24. The van der Waals surface area contributed by atoms with Gasteiger partial charge >= 0.3 is 0 Å². The van der Waals surface area contributed by atoms with Gasteiger partial charge in [0.25, 0.3) is 0 Å². The highest BCUT2D eigenvalue weighted by Gasteiger charge is 2.16. The number of benzene rings is 1. The summed E-state index contributed by atoms with van der Waals surface area (Å²) < 4.78 is 0. The molecule has 2 aromatic rings. The Balaban J connectivity index is 1.88. The molecule has 0 unspecified atom stereocenters. The third-order valence-corrected chi connectivity index (χ3v) is 4.38. The summed E-state index contributed by atoms with van der Waals surface area (Å²) in [5, 5.41) is 1.94. The van der Waals surface area contributed by atoms with Crippen molar-refractivity contribution < 1.29 is 0 Å². The van der Waals surface area contributed by atoms with Crippen molar-refractivity contribution in [3.8, 4) is 0 Å². The van der Waals surface area contributed by atoms with Crippen LogP contribution in [-0.4, -0.2) is 42.6 Å². The number of halogens is 1. The normalized spacial score (nSPS) is 17.1. The van der Waals surface area contributed by atoms with Crippen molar-refractivity contribution in [2.24, 2.45) is 0 Å². The van der Waals surface area contributed by atoms with Gasteiger partial charge in [-0.05, 0) is 50.2 Å². The molecule has 1 aromatic carbocycles. The summed E-state index contributed by atoms with van der Waals surface area (Å²) >= 11 is 6.17. The van der Waals surface area contributed by atoms with Crippen LogP contribution in [0, 0.1) is 0 Å². The highest BCUT2D eigenvalue weighted by atomic mass is 35.5. The molecular formula is C17H22ClN3. The van der Waals surface area contributed by atoms with Crippen molar-refractivity contribution >= 4 is 28.2 Å². The van der Waals surface area contributed by atoms with E-state index in [4.69, 9.17) is 11.6 Å². The molecule has 21 heavy (non-hydrogen) atoms. The maximum atomic E-state index is 6.17. The number of nitrogens with zero attached hydrogens (tertiary/aromatic N) is 3. The van der Waals surface area contributed by atoms with E-state index < -0.39 is 0 Å².